The van der Waals surface area contributed by atoms with E-state index in [1.807, 2.05) is 17.4 Å². The van der Waals surface area contributed by atoms with Gasteiger partial charge < -0.3 is 9.84 Å². The number of aryl methyl sites for hydroxylation is 2. The van der Waals surface area contributed by atoms with Crippen LogP contribution in [0.25, 0.3) is 32.0 Å². The Bertz CT molecular complexity index is 1380. The summed E-state index contributed by atoms with van der Waals surface area (Å²) in [5.41, 5.74) is 4.88. The molecule has 5 heteroatoms. The van der Waals surface area contributed by atoms with Crippen LogP contribution in [-0.4, -0.2) is 17.2 Å². The Morgan fingerprint density at radius 2 is 1.82 bits per heavy atom. The number of carbonyl (C=O) groups is 1. The number of fused-ring (bicyclic) bond motifs is 2. The minimum absolute atomic E-state index is 0.406. The molecule has 0 aliphatic heterocycles. The minimum atomic E-state index is -0.943. The highest BCUT2D eigenvalue weighted by Gasteiger charge is 2.25. The molecule has 0 saturated heterocycles. The highest BCUT2D eigenvalue weighted by Crippen LogP contribution is 2.48. The molecular formula is C28H27BrO3S. The highest BCUT2D eigenvalue weighted by atomic mass is 79.9. The zero-order chi connectivity index (χ0) is 23.3. The number of thiophene rings is 1. The van der Waals surface area contributed by atoms with Crippen LogP contribution in [-0.2, 0) is 4.79 Å². The Labute approximate surface area is 206 Å². The molecule has 5 rings (SSSR count). The summed E-state index contributed by atoms with van der Waals surface area (Å²) in [4.78, 5) is 12.8. The standard InChI is InChI=1S/C28H27BrO3S/c1-15-17(3)33-27-24(15)25(20-10-6-7-11-21(20)26(27)29)19-12-13-23(32-16(2)28(30)31)22(14-19)18-8-4-5-9-18/h6-7,10-14,16,18H,4-5,8-9H2,1-3H3,(H,30,31)/t16-/m1/s1. The molecule has 3 aromatic carbocycles. The fourth-order valence-corrected chi connectivity index (χ4v) is 7.04. The lowest BCUT2D eigenvalue weighted by Gasteiger charge is -2.20. The van der Waals surface area contributed by atoms with Gasteiger partial charge in [0.25, 0.3) is 0 Å². The summed E-state index contributed by atoms with van der Waals surface area (Å²) in [6.07, 6.45) is 3.77. The van der Waals surface area contributed by atoms with Gasteiger partial charge in [-0.15, -0.1) is 11.3 Å². The van der Waals surface area contributed by atoms with Crippen molar-refractivity contribution in [3.05, 3.63) is 62.9 Å². The molecule has 1 saturated carbocycles. The number of ether oxygens (including phenoxy) is 1. The molecule has 0 amide bonds. The molecule has 0 bridgehead atoms. The van der Waals surface area contributed by atoms with Crippen molar-refractivity contribution >= 4 is 54.1 Å². The molecule has 1 aliphatic rings. The Balaban J connectivity index is 1.78. The van der Waals surface area contributed by atoms with Crippen LogP contribution in [0, 0.1) is 13.8 Å². The average molecular weight is 523 g/mol. The lowest BCUT2D eigenvalue weighted by atomic mass is 9.89. The first-order valence-corrected chi connectivity index (χ1v) is 13.1. The monoisotopic (exact) mass is 522 g/mol. The number of hydrogen-bond acceptors (Lipinski definition) is 3. The molecule has 1 heterocycles. The van der Waals surface area contributed by atoms with E-state index in [0.29, 0.717) is 11.7 Å². The van der Waals surface area contributed by atoms with Crippen molar-refractivity contribution in [2.24, 2.45) is 0 Å². The summed E-state index contributed by atoms with van der Waals surface area (Å²) < 4.78 is 8.36. The van der Waals surface area contributed by atoms with Gasteiger partial charge in [-0.05, 0) is 101 Å². The van der Waals surface area contributed by atoms with E-state index < -0.39 is 12.1 Å². The maximum atomic E-state index is 11.5. The molecule has 1 aliphatic carbocycles. The molecule has 1 N–H and O–H groups in total. The van der Waals surface area contributed by atoms with Gasteiger partial charge in [0.15, 0.2) is 6.10 Å². The Morgan fingerprint density at radius 3 is 2.52 bits per heavy atom. The normalized spacial score (nSPS) is 15.4. The highest BCUT2D eigenvalue weighted by molar-refractivity contribution is 9.11. The molecule has 3 nitrogen and oxygen atoms in total. The quantitative estimate of drug-likeness (QED) is 0.285. The van der Waals surface area contributed by atoms with Gasteiger partial charge in [-0.3, -0.25) is 0 Å². The van der Waals surface area contributed by atoms with E-state index in [0.717, 1.165) is 22.9 Å². The summed E-state index contributed by atoms with van der Waals surface area (Å²) >= 11 is 5.73. The van der Waals surface area contributed by atoms with Gasteiger partial charge in [0.05, 0.1) is 4.70 Å². The van der Waals surface area contributed by atoms with Crippen molar-refractivity contribution in [1.29, 1.82) is 0 Å². The maximum absolute atomic E-state index is 11.5. The second-order valence-electron chi connectivity index (χ2n) is 9.05. The third-order valence-corrected chi connectivity index (χ3v) is 9.32. The van der Waals surface area contributed by atoms with Crippen molar-refractivity contribution in [3.8, 4) is 16.9 Å². The zero-order valence-corrected chi connectivity index (χ0v) is 21.5. The number of halogens is 1. The van der Waals surface area contributed by atoms with E-state index in [4.69, 9.17) is 4.74 Å². The predicted molar refractivity (Wildman–Crippen MR) is 141 cm³/mol. The smallest absolute Gasteiger partial charge is 0.344 e. The molecule has 1 atom stereocenters. The molecular weight excluding hydrogens is 496 g/mol. The van der Waals surface area contributed by atoms with E-state index in [9.17, 15) is 9.90 Å². The van der Waals surface area contributed by atoms with Crippen LogP contribution in [0.2, 0.25) is 0 Å². The van der Waals surface area contributed by atoms with Crippen molar-refractivity contribution in [1.82, 2.24) is 0 Å². The summed E-state index contributed by atoms with van der Waals surface area (Å²) in [6.45, 7) is 6.00. The Hall–Kier alpha value is -2.37. The van der Waals surface area contributed by atoms with Crippen molar-refractivity contribution in [2.75, 3.05) is 0 Å². The number of rotatable bonds is 5. The van der Waals surface area contributed by atoms with Crippen LogP contribution >= 0.6 is 27.3 Å². The zero-order valence-electron chi connectivity index (χ0n) is 19.1. The fourth-order valence-electron chi connectivity index (χ4n) is 5.14. The van der Waals surface area contributed by atoms with Crippen molar-refractivity contribution in [2.45, 2.75) is 58.5 Å². The lowest BCUT2D eigenvalue weighted by molar-refractivity contribution is -0.144. The number of benzene rings is 3. The maximum Gasteiger partial charge on any atom is 0.344 e. The first kappa shape index (κ1) is 22.4. The topological polar surface area (TPSA) is 46.5 Å². The van der Waals surface area contributed by atoms with Gasteiger partial charge >= 0.3 is 5.97 Å². The Morgan fingerprint density at radius 1 is 1.12 bits per heavy atom. The third-order valence-electron chi connectivity index (χ3n) is 7.01. The molecule has 1 fully saturated rings. The second-order valence-corrected chi connectivity index (χ2v) is 11.1. The number of carboxylic acid groups (broad SMARTS) is 1. The minimum Gasteiger partial charge on any atom is -0.479 e. The number of hydrogen-bond donors (Lipinski definition) is 1. The predicted octanol–water partition coefficient (Wildman–Crippen LogP) is 8.61. The van der Waals surface area contributed by atoms with Crippen LogP contribution in [0.1, 0.15) is 54.5 Å². The number of aliphatic carboxylic acids is 1. The molecule has 4 aromatic rings. The largest absolute Gasteiger partial charge is 0.479 e. The second kappa shape index (κ2) is 8.77. The van der Waals surface area contributed by atoms with Crippen LogP contribution in [0.5, 0.6) is 5.75 Å². The first-order chi connectivity index (χ1) is 15.9. The van der Waals surface area contributed by atoms with Crippen LogP contribution < -0.4 is 4.74 Å². The third kappa shape index (κ3) is 3.85. The van der Waals surface area contributed by atoms with Gasteiger partial charge in [-0.25, -0.2) is 4.79 Å². The summed E-state index contributed by atoms with van der Waals surface area (Å²) in [6, 6.07) is 14.9. The molecule has 0 spiro atoms. The fraction of sp³-hybridized carbons (Fsp3) is 0.321. The van der Waals surface area contributed by atoms with Gasteiger partial charge in [0, 0.05) is 14.7 Å². The van der Waals surface area contributed by atoms with Crippen molar-refractivity contribution < 1.29 is 14.6 Å². The van der Waals surface area contributed by atoms with Crippen molar-refractivity contribution in [3.63, 3.8) is 0 Å². The molecule has 0 unspecified atom stereocenters. The van der Waals surface area contributed by atoms with Gasteiger partial charge in [0.2, 0.25) is 0 Å². The molecule has 1 aromatic heterocycles. The first-order valence-electron chi connectivity index (χ1n) is 11.5. The van der Waals surface area contributed by atoms with Gasteiger partial charge in [-0.1, -0.05) is 43.2 Å². The van der Waals surface area contributed by atoms with E-state index in [1.54, 1.807) is 6.92 Å². The van der Waals surface area contributed by atoms with E-state index >= 15 is 0 Å². The molecule has 33 heavy (non-hydrogen) atoms. The van der Waals surface area contributed by atoms with Crippen LogP contribution in [0.4, 0.5) is 0 Å². The molecule has 170 valence electrons. The van der Waals surface area contributed by atoms with E-state index in [2.05, 4.69) is 66.2 Å². The van der Waals surface area contributed by atoms with E-state index in [-0.39, 0.29) is 0 Å². The van der Waals surface area contributed by atoms with Gasteiger partial charge in [-0.2, -0.15) is 0 Å². The van der Waals surface area contributed by atoms with Crippen LogP contribution in [0.15, 0.2) is 46.9 Å². The Kier molecular flexibility index (Phi) is 5.96. The average Bonchev–Trinajstić information content (AvgIpc) is 3.44. The summed E-state index contributed by atoms with van der Waals surface area (Å²) in [7, 11) is 0. The number of carboxylic acids is 1. The molecule has 0 radical (unpaired) electrons. The summed E-state index contributed by atoms with van der Waals surface area (Å²) in [5, 5.41) is 13.1. The summed E-state index contributed by atoms with van der Waals surface area (Å²) in [5.74, 6) is 0.168. The van der Waals surface area contributed by atoms with E-state index in [1.165, 1.54) is 55.3 Å². The lowest BCUT2D eigenvalue weighted by Crippen LogP contribution is -2.23. The SMILES string of the molecule is Cc1sc2c(Br)c3ccccc3c(-c3ccc(O[C@H](C)C(=O)O)c(C4CCCC4)c3)c2c1C. The van der Waals surface area contributed by atoms with Crippen LogP contribution in [0.3, 0.4) is 0 Å². The van der Waals surface area contributed by atoms with Gasteiger partial charge in [0.1, 0.15) is 5.75 Å².